The molecule has 6 nitrogen and oxygen atoms in total. The molecule has 1 amide bonds. The van der Waals surface area contributed by atoms with E-state index in [9.17, 15) is 14.7 Å². The first-order chi connectivity index (χ1) is 13.1. The first kappa shape index (κ1) is 18.3. The second-order valence-electron chi connectivity index (χ2n) is 8.31. The normalized spacial score (nSPS) is 30.5. The van der Waals surface area contributed by atoms with E-state index in [4.69, 9.17) is 4.74 Å². The summed E-state index contributed by atoms with van der Waals surface area (Å²) in [5, 5.41) is 11.6. The fourth-order valence-electron chi connectivity index (χ4n) is 5.49. The number of carbonyl (C=O) groups is 2. The van der Waals surface area contributed by atoms with Gasteiger partial charge in [0.2, 0.25) is 5.91 Å². The average molecular weight is 372 g/mol. The lowest BCUT2D eigenvalue weighted by Crippen LogP contribution is -3.13. The van der Waals surface area contributed by atoms with E-state index in [1.807, 2.05) is 17.0 Å². The standard InChI is InChI=1S/C21H28N2O4/c1-27-17-4-2-3-14(11-17)13-22-7-9-23(10-8-22)20(24)18-15-5-6-16(12-15)19(18)21(25)26/h2-4,11,15-16,18-19H,5-10,12-13H2,1H3,(H,25,26)/t15-,16+,18+,19+/m1/s1. The van der Waals surface area contributed by atoms with Crippen molar-refractivity contribution in [3.8, 4) is 5.75 Å². The molecule has 1 N–H and O–H groups in total. The van der Waals surface area contributed by atoms with Gasteiger partial charge in [0, 0.05) is 23.4 Å². The van der Waals surface area contributed by atoms with Crippen LogP contribution in [0.15, 0.2) is 24.3 Å². The first-order valence-corrected chi connectivity index (χ1v) is 10.0. The van der Waals surface area contributed by atoms with Crippen molar-refractivity contribution < 1.29 is 24.3 Å². The summed E-state index contributed by atoms with van der Waals surface area (Å²) in [5.74, 6) is -0.640. The molecule has 27 heavy (non-hydrogen) atoms. The van der Waals surface area contributed by atoms with Crippen molar-refractivity contribution in [1.82, 2.24) is 4.90 Å². The van der Waals surface area contributed by atoms with Crippen molar-refractivity contribution in [2.45, 2.75) is 25.8 Å². The van der Waals surface area contributed by atoms with Gasteiger partial charge in [-0.1, -0.05) is 12.1 Å². The van der Waals surface area contributed by atoms with Crippen molar-refractivity contribution in [3.63, 3.8) is 0 Å². The third-order valence-electron chi connectivity index (χ3n) is 6.84. The van der Waals surface area contributed by atoms with E-state index in [1.54, 1.807) is 7.11 Å². The maximum Gasteiger partial charge on any atom is 0.227 e. The highest BCUT2D eigenvalue weighted by Gasteiger charge is 2.52. The predicted octanol–water partition coefficient (Wildman–Crippen LogP) is -0.665. The van der Waals surface area contributed by atoms with E-state index in [0.717, 1.165) is 44.6 Å². The number of nitrogens with one attached hydrogen (secondary N) is 1. The number of methoxy groups -OCH3 is 1. The molecule has 1 aliphatic heterocycles. The van der Waals surface area contributed by atoms with Crippen LogP contribution in [-0.4, -0.2) is 50.1 Å². The second-order valence-corrected chi connectivity index (χ2v) is 8.31. The number of carboxylic acid groups (broad SMARTS) is 1. The molecule has 0 radical (unpaired) electrons. The van der Waals surface area contributed by atoms with E-state index in [-0.39, 0.29) is 23.7 Å². The van der Waals surface area contributed by atoms with Gasteiger partial charge in [0.15, 0.2) is 0 Å². The summed E-state index contributed by atoms with van der Waals surface area (Å²) in [6, 6.07) is 8.11. The Kier molecular flexibility index (Phi) is 5.08. The summed E-state index contributed by atoms with van der Waals surface area (Å²) in [5.41, 5.74) is 1.23. The van der Waals surface area contributed by atoms with Crippen LogP contribution in [0.5, 0.6) is 5.75 Å². The van der Waals surface area contributed by atoms with Crippen LogP contribution < -0.4 is 14.7 Å². The van der Waals surface area contributed by atoms with E-state index < -0.39 is 11.9 Å². The summed E-state index contributed by atoms with van der Waals surface area (Å²) in [6.45, 7) is 4.09. The molecular formula is C21H28N2O4. The van der Waals surface area contributed by atoms with Gasteiger partial charge in [0.25, 0.3) is 0 Å². The third-order valence-corrected chi connectivity index (χ3v) is 6.84. The Morgan fingerprint density at radius 3 is 2.56 bits per heavy atom. The molecule has 4 atom stereocenters. The number of rotatable bonds is 5. The average Bonchev–Trinajstić information content (AvgIpc) is 3.29. The van der Waals surface area contributed by atoms with E-state index in [2.05, 4.69) is 12.1 Å². The van der Waals surface area contributed by atoms with Crippen molar-refractivity contribution in [2.24, 2.45) is 23.7 Å². The Morgan fingerprint density at radius 2 is 1.89 bits per heavy atom. The highest BCUT2D eigenvalue weighted by atomic mass is 16.5. The zero-order valence-corrected chi connectivity index (χ0v) is 15.9. The highest BCUT2D eigenvalue weighted by molar-refractivity contribution is 5.85. The summed E-state index contributed by atoms with van der Waals surface area (Å²) in [6.07, 6.45) is 2.81. The van der Waals surface area contributed by atoms with Crippen molar-refractivity contribution >= 4 is 11.9 Å². The maximum absolute atomic E-state index is 13.1. The largest absolute Gasteiger partial charge is 0.550 e. The van der Waals surface area contributed by atoms with E-state index in [0.29, 0.717) is 13.1 Å². The topological polar surface area (TPSA) is 74.1 Å². The number of carbonyl (C=O) groups excluding carboxylic acids is 2. The molecule has 1 aromatic rings. The number of ether oxygens (including phenoxy) is 1. The number of hydrogen-bond donors (Lipinski definition) is 1. The number of aliphatic carboxylic acids is 1. The van der Waals surface area contributed by atoms with Crippen LogP contribution in [0.1, 0.15) is 24.8 Å². The first-order valence-electron chi connectivity index (χ1n) is 10.0. The minimum Gasteiger partial charge on any atom is -0.550 e. The summed E-state index contributed by atoms with van der Waals surface area (Å²) < 4.78 is 5.29. The van der Waals surface area contributed by atoms with Gasteiger partial charge in [-0.3, -0.25) is 4.79 Å². The molecular weight excluding hydrogens is 344 g/mol. The van der Waals surface area contributed by atoms with Gasteiger partial charge in [-0.15, -0.1) is 0 Å². The lowest BCUT2D eigenvalue weighted by molar-refractivity contribution is -0.917. The monoisotopic (exact) mass is 372 g/mol. The number of amides is 1. The lowest BCUT2D eigenvalue weighted by atomic mass is 9.78. The zero-order chi connectivity index (χ0) is 19.0. The number of hydrogen-bond acceptors (Lipinski definition) is 4. The quantitative estimate of drug-likeness (QED) is 0.744. The van der Waals surface area contributed by atoms with Crippen LogP contribution in [-0.2, 0) is 16.1 Å². The number of fused-ring (bicyclic) bond motifs is 2. The van der Waals surface area contributed by atoms with Gasteiger partial charge in [-0.25, -0.2) is 0 Å². The molecule has 3 aliphatic rings. The van der Waals surface area contributed by atoms with E-state index in [1.165, 1.54) is 10.5 Å². The number of benzene rings is 1. The highest BCUT2D eigenvalue weighted by Crippen LogP contribution is 2.52. The van der Waals surface area contributed by atoms with Crippen molar-refractivity contribution in [1.29, 1.82) is 0 Å². The molecule has 6 heteroatoms. The van der Waals surface area contributed by atoms with Crippen molar-refractivity contribution in [3.05, 3.63) is 29.8 Å². The Hall–Kier alpha value is -2.08. The van der Waals surface area contributed by atoms with Crippen molar-refractivity contribution in [2.75, 3.05) is 33.3 Å². The Morgan fingerprint density at radius 1 is 1.19 bits per heavy atom. The second kappa shape index (κ2) is 7.50. The smallest absolute Gasteiger partial charge is 0.227 e. The fourth-order valence-corrected chi connectivity index (χ4v) is 5.49. The van der Waals surface area contributed by atoms with Gasteiger partial charge < -0.3 is 24.4 Å². The molecule has 2 bridgehead atoms. The Labute approximate surface area is 160 Å². The number of piperazine rings is 1. The SMILES string of the molecule is COc1cccc(C[NH+]2CCN(C(=O)[C@H]3[C@@H]4CC[C@@H](C4)[C@@H]3C(=O)[O-])CC2)c1. The Bertz CT molecular complexity index is 714. The predicted molar refractivity (Wildman–Crippen MR) is 96.8 cm³/mol. The van der Waals surface area contributed by atoms with Crippen LogP contribution in [0.3, 0.4) is 0 Å². The van der Waals surface area contributed by atoms with Gasteiger partial charge in [-0.05, 0) is 43.2 Å². The van der Waals surface area contributed by atoms with Crippen LogP contribution in [0.4, 0.5) is 0 Å². The Balaban J connectivity index is 1.35. The number of carboxylic acids is 1. The maximum atomic E-state index is 13.1. The van der Waals surface area contributed by atoms with Crippen LogP contribution >= 0.6 is 0 Å². The van der Waals surface area contributed by atoms with E-state index >= 15 is 0 Å². The number of quaternary nitrogens is 1. The molecule has 1 aromatic carbocycles. The molecule has 2 aliphatic carbocycles. The minimum absolute atomic E-state index is 0.0526. The number of nitrogens with zero attached hydrogens (tertiary/aromatic N) is 1. The molecule has 2 saturated carbocycles. The molecule has 0 aromatic heterocycles. The van der Waals surface area contributed by atoms with Gasteiger partial charge in [0.05, 0.1) is 33.3 Å². The molecule has 0 spiro atoms. The molecule has 1 saturated heterocycles. The van der Waals surface area contributed by atoms with Crippen LogP contribution in [0.25, 0.3) is 0 Å². The lowest BCUT2D eigenvalue weighted by Gasteiger charge is -2.38. The zero-order valence-electron chi connectivity index (χ0n) is 15.9. The van der Waals surface area contributed by atoms with Gasteiger partial charge >= 0.3 is 0 Å². The minimum atomic E-state index is -1.03. The molecule has 1 heterocycles. The van der Waals surface area contributed by atoms with Crippen LogP contribution in [0, 0.1) is 23.7 Å². The molecule has 0 unspecified atom stereocenters. The molecule has 4 rings (SSSR count). The summed E-state index contributed by atoms with van der Waals surface area (Å²) in [4.78, 5) is 28.0. The summed E-state index contributed by atoms with van der Waals surface area (Å²) >= 11 is 0. The third kappa shape index (κ3) is 3.55. The van der Waals surface area contributed by atoms with Crippen LogP contribution in [0.2, 0.25) is 0 Å². The van der Waals surface area contributed by atoms with Gasteiger partial charge in [0.1, 0.15) is 12.3 Å². The molecule has 146 valence electrons. The summed E-state index contributed by atoms with van der Waals surface area (Å²) in [7, 11) is 1.67. The molecule has 3 fully saturated rings. The fraction of sp³-hybridized carbons (Fsp3) is 0.619. The van der Waals surface area contributed by atoms with Gasteiger partial charge in [-0.2, -0.15) is 0 Å².